The minimum absolute atomic E-state index is 0.212. The van der Waals surface area contributed by atoms with Crippen LogP contribution in [0.15, 0.2) is 24.3 Å². The van der Waals surface area contributed by atoms with Gasteiger partial charge in [0, 0.05) is 6.42 Å². The molecule has 86 valence electrons. The Balaban J connectivity index is 2.18. The number of fused-ring (bicyclic) bond motifs is 1. The highest BCUT2D eigenvalue weighted by Crippen LogP contribution is 2.32. The Morgan fingerprint density at radius 2 is 2.00 bits per heavy atom. The summed E-state index contributed by atoms with van der Waals surface area (Å²) in [6, 6.07) is 6.35. The molecule has 0 radical (unpaired) electrons. The molecule has 1 heterocycles. The van der Waals surface area contributed by atoms with Gasteiger partial charge in [-0.15, -0.1) is 0 Å². The molecule has 1 aromatic rings. The summed E-state index contributed by atoms with van der Waals surface area (Å²) in [6.45, 7) is 0. The predicted octanol–water partition coefficient (Wildman–Crippen LogP) is 2.97. The maximum atomic E-state index is 12.2. The quantitative estimate of drug-likeness (QED) is 0.741. The van der Waals surface area contributed by atoms with E-state index in [0.29, 0.717) is 5.56 Å². The van der Waals surface area contributed by atoms with Crippen molar-refractivity contribution in [3.8, 4) is 5.75 Å². The number of para-hydroxylation sites is 1. The smallest absolute Gasteiger partial charge is 0.392 e. The zero-order chi connectivity index (χ0) is 11.8. The molecular weight excluding hydrogens is 221 g/mol. The van der Waals surface area contributed by atoms with E-state index < -0.39 is 18.7 Å². The number of halogens is 3. The zero-order valence-electron chi connectivity index (χ0n) is 8.25. The number of hydrogen-bond donors (Lipinski definition) is 0. The number of carbonyl (C=O) groups is 1. The first kappa shape index (κ1) is 11.0. The van der Waals surface area contributed by atoms with Crippen LogP contribution in [0.2, 0.25) is 0 Å². The molecule has 2 rings (SSSR count). The molecule has 1 aliphatic rings. The fourth-order valence-electron chi connectivity index (χ4n) is 1.71. The van der Waals surface area contributed by atoms with Gasteiger partial charge in [-0.25, -0.2) is 0 Å². The molecule has 0 spiro atoms. The van der Waals surface area contributed by atoms with E-state index in [0.717, 1.165) is 0 Å². The van der Waals surface area contributed by atoms with Crippen molar-refractivity contribution in [1.29, 1.82) is 0 Å². The summed E-state index contributed by atoms with van der Waals surface area (Å²) in [7, 11) is 0. The Bertz CT molecular complexity index is 412. The third-order valence-electron chi connectivity index (χ3n) is 2.35. The van der Waals surface area contributed by atoms with E-state index in [2.05, 4.69) is 0 Å². The van der Waals surface area contributed by atoms with Crippen molar-refractivity contribution in [3.05, 3.63) is 29.8 Å². The number of hydrogen-bond acceptors (Lipinski definition) is 2. The average molecular weight is 230 g/mol. The predicted molar refractivity (Wildman–Crippen MR) is 50.5 cm³/mol. The molecule has 1 unspecified atom stereocenters. The standard InChI is InChI=1S/C11H9F3O2/c12-11(13,14)6-7-5-9(15)8-3-1-2-4-10(8)16-7/h1-4,7H,5-6H2. The van der Waals surface area contributed by atoms with Crippen LogP contribution in [-0.2, 0) is 0 Å². The average Bonchev–Trinajstić information content (AvgIpc) is 2.15. The van der Waals surface area contributed by atoms with Crippen LogP contribution >= 0.6 is 0 Å². The first-order valence-electron chi connectivity index (χ1n) is 4.81. The molecule has 1 aliphatic heterocycles. The molecule has 0 aromatic heterocycles. The zero-order valence-corrected chi connectivity index (χ0v) is 8.25. The van der Waals surface area contributed by atoms with Gasteiger partial charge in [0.05, 0.1) is 12.0 Å². The maximum absolute atomic E-state index is 12.2. The van der Waals surface area contributed by atoms with Crippen molar-refractivity contribution < 1.29 is 22.7 Å². The van der Waals surface area contributed by atoms with Crippen LogP contribution in [0.5, 0.6) is 5.75 Å². The Hall–Kier alpha value is -1.52. The summed E-state index contributed by atoms with van der Waals surface area (Å²) in [6.07, 6.45) is -6.71. The lowest BCUT2D eigenvalue weighted by atomic mass is 9.99. The van der Waals surface area contributed by atoms with Gasteiger partial charge in [0.1, 0.15) is 11.9 Å². The number of Topliss-reactive ketones (excluding diaryl/α,β-unsaturated/α-hetero) is 1. The van der Waals surface area contributed by atoms with E-state index in [-0.39, 0.29) is 18.0 Å². The molecule has 0 saturated heterocycles. The number of ether oxygens (including phenoxy) is 1. The van der Waals surface area contributed by atoms with Crippen LogP contribution in [0, 0.1) is 0 Å². The summed E-state index contributed by atoms with van der Waals surface area (Å²) in [5.74, 6) is -0.0518. The minimum Gasteiger partial charge on any atom is -0.489 e. The Kier molecular flexibility index (Phi) is 2.61. The van der Waals surface area contributed by atoms with Crippen LogP contribution in [0.3, 0.4) is 0 Å². The molecule has 0 saturated carbocycles. The molecule has 0 aliphatic carbocycles. The highest BCUT2D eigenvalue weighted by atomic mass is 19.4. The molecule has 0 fully saturated rings. The number of carbonyl (C=O) groups excluding carboxylic acids is 1. The van der Waals surface area contributed by atoms with E-state index >= 15 is 0 Å². The largest absolute Gasteiger partial charge is 0.489 e. The van der Waals surface area contributed by atoms with Gasteiger partial charge in [-0.05, 0) is 12.1 Å². The molecule has 1 aromatic carbocycles. The number of benzene rings is 1. The lowest BCUT2D eigenvalue weighted by Gasteiger charge is -2.25. The van der Waals surface area contributed by atoms with Gasteiger partial charge in [-0.1, -0.05) is 12.1 Å². The Labute approximate surface area is 90.0 Å². The summed E-state index contributed by atoms with van der Waals surface area (Å²) in [5, 5.41) is 0. The van der Waals surface area contributed by atoms with Gasteiger partial charge < -0.3 is 4.74 Å². The van der Waals surface area contributed by atoms with Crippen LogP contribution in [0.4, 0.5) is 13.2 Å². The molecular formula is C11H9F3O2. The Morgan fingerprint density at radius 3 is 2.69 bits per heavy atom. The third-order valence-corrected chi connectivity index (χ3v) is 2.35. The van der Waals surface area contributed by atoms with E-state index in [4.69, 9.17) is 4.74 Å². The molecule has 0 amide bonds. The number of alkyl halides is 3. The summed E-state index contributed by atoms with van der Waals surface area (Å²) < 4.78 is 41.6. The van der Waals surface area contributed by atoms with Crippen molar-refractivity contribution in [3.63, 3.8) is 0 Å². The van der Waals surface area contributed by atoms with Crippen LogP contribution in [-0.4, -0.2) is 18.1 Å². The SMILES string of the molecule is O=C1CC(CC(F)(F)F)Oc2ccccc21. The minimum atomic E-state index is -4.31. The molecule has 0 bridgehead atoms. The van der Waals surface area contributed by atoms with Gasteiger partial charge in [0.25, 0.3) is 0 Å². The maximum Gasteiger partial charge on any atom is 0.392 e. The fourth-order valence-corrected chi connectivity index (χ4v) is 1.71. The lowest BCUT2D eigenvalue weighted by Crippen LogP contribution is -2.31. The van der Waals surface area contributed by atoms with Crippen molar-refractivity contribution in [1.82, 2.24) is 0 Å². The molecule has 16 heavy (non-hydrogen) atoms. The number of rotatable bonds is 1. The summed E-state index contributed by atoms with van der Waals surface area (Å²) in [4.78, 5) is 11.5. The molecule has 5 heteroatoms. The van der Waals surface area contributed by atoms with E-state index in [1.54, 1.807) is 18.2 Å². The highest BCUT2D eigenvalue weighted by molar-refractivity contribution is 5.99. The van der Waals surface area contributed by atoms with Gasteiger partial charge >= 0.3 is 6.18 Å². The molecule has 1 atom stereocenters. The number of ketones is 1. The second-order valence-corrected chi connectivity index (χ2v) is 3.68. The van der Waals surface area contributed by atoms with E-state index in [1.807, 2.05) is 0 Å². The van der Waals surface area contributed by atoms with Crippen molar-refractivity contribution in [2.75, 3.05) is 0 Å². The van der Waals surface area contributed by atoms with Crippen molar-refractivity contribution in [2.24, 2.45) is 0 Å². The topological polar surface area (TPSA) is 26.3 Å². The summed E-state index contributed by atoms with van der Waals surface area (Å²) >= 11 is 0. The van der Waals surface area contributed by atoms with Crippen LogP contribution < -0.4 is 4.74 Å². The van der Waals surface area contributed by atoms with Crippen molar-refractivity contribution in [2.45, 2.75) is 25.1 Å². The third kappa shape index (κ3) is 2.35. The van der Waals surface area contributed by atoms with E-state index in [9.17, 15) is 18.0 Å². The highest BCUT2D eigenvalue weighted by Gasteiger charge is 2.36. The molecule has 0 N–H and O–H groups in total. The lowest BCUT2D eigenvalue weighted by molar-refractivity contribution is -0.150. The second kappa shape index (κ2) is 3.81. The van der Waals surface area contributed by atoms with Crippen molar-refractivity contribution >= 4 is 5.78 Å². The van der Waals surface area contributed by atoms with Gasteiger partial charge in [0.15, 0.2) is 5.78 Å². The molecule has 2 nitrogen and oxygen atoms in total. The Morgan fingerprint density at radius 1 is 1.31 bits per heavy atom. The van der Waals surface area contributed by atoms with Crippen LogP contribution in [0.25, 0.3) is 0 Å². The summed E-state index contributed by atoms with van der Waals surface area (Å²) in [5.41, 5.74) is 0.362. The van der Waals surface area contributed by atoms with Gasteiger partial charge in [0.2, 0.25) is 0 Å². The van der Waals surface area contributed by atoms with Gasteiger partial charge in [-0.2, -0.15) is 13.2 Å². The van der Waals surface area contributed by atoms with Crippen LogP contribution in [0.1, 0.15) is 23.2 Å². The first-order chi connectivity index (χ1) is 7.46. The first-order valence-corrected chi connectivity index (χ1v) is 4.81. The fraction of sp³-hybridized carbons (Fsp3) is 0.364. The van der Waals surface area contributed by atoms with Gasteiger partial charge in [-0.3, -0.25) is 4.79 Å². The van der Waals surface area contributed by atoms with E-state index in [1.165, 1.54) is 6.07 Å². The normalized spacial score (nSPS) is 20.2. The monoisotopic (exact) mass is 230 g/mol. The second-order valence-electron chi connectivity index (χ2n) is 3.68.